The Bertz CT molecular complexity index is 1730. The van der Waals surface area contributed by atoms with Crippen molar-refractivity contribution in [1.82, 2.24) is 24.3 Å². The molecule has 12 heteroatoms. The Morgan fingerprint density at radius 2 is 1.76 bits per heavy atom. The van der Waals surface area contributed by atoms with Crippen molar-refractivity contribution in [3.63, 3.8) is 0 Å². The van der Waals surface area contributed by atoms with Gasteiger partial charge in [-0.1, -0.05) is 12.8 Å². The molecule has 1 saturated carbocycles. The standard InChI is InChI=1S/C33H40FN7O4/c1-19-26-16-35-33(37-31(26)41(24-6-4-5-7-24)32(44)29(19)20(2)42)36-22-14-27(34)30-28(15-22)45-18-25-17-39(12-13-40(25)30)23-8-10-38(11-9-23)21(3)43/h14-16,23-25H,4-13,17-18H2,1-3H3,(H,35,36,37)/t25-/m1/s1. The van der Waals surface area contributed by atoms with Gasteiger partial charge in [0.15, 0.2) is 11.6 Å². The van der Waals surface area contributed by atoms with Crippen molar-refractivity contribution < 1.29 is 18.7 Å². The number of piperidine rings is 1. The third kappa shape index (κ3) is 5.32. The van der Waals surface area contributed by atoms with Crippen LogP contribution in [0.3, 0.4) is 0 Å². The Morgan fingerprint density at radius 3 is 2.47 bits per heavy atom. The Morgan fingerprint density at radius 1 is 1.00 bits per heavy atom. The molecule has 7 rings (SSSR count). The fourth-order valence-corrected chi connectivity index (χ4v) is 7.85. The highest BCUT2D eigenvalue weighted by Crippen LogP contribution is 2.41. The summed E-state index contributed by atoms with van der Waals surface area (Å²) in [5.74, 6) is 0.198. The number of hydrogen-bond acceptors (Lipinski definition) is 9. The number of carbonyl (C=O) groups excluding carboxylic acids is 2. The van der Waals surface area contributed by atoms with Crippen LogP contribution in [0.4, 0.5) is 21.7 Å². The average molecular weight is 618 g/mol. The first-order chi connectivity index (χ1) is 21.7. The topological polar surface area (TPSA) is 113 Å². The monoisotopic (exact) mass is 617 g/mol. The molecule has 0 spiro atoms. The molecule has 3 aliphatic heterocycles. The number of fused-ring (bicyclic) bond motifs is 4. The number of pyridine rings is 1. The van der Waals surface area contributed by atoms with Crippen LogP contribution in [-0.4, -0.2) is 87.4 Å². The van der Waals surface area contributed by atoms with Crippen molar-refractivity contribution in [3.05, 3.63) is 45.6 Å². The van der Waals surface area contributed by atoms with E-state index >= 15 is 4.39 Å². The van der Waals surface area contributed by atoms with Crippen molar-refractivity contribution in [2.45, 2.75) is 77.4 Å². The molecule has 3 aromatic rings. The number of hydrogen-bond donors (Lipinski definition) is 1. The lowest BCUT2D eigenvalue weighted by Gasteiger charge is -2.49. The predicted octanol–water partition coefficient (Wildman–Crippen LogP) is 4.19. The molecule has 3 fully saturated rings. The number of likely N-dealkylation sites (tertiary alicyclic amines) is 1. The first kappa shape index (κ1) is 29.6. The van der Waals surface area contributed by atoms with Gasteiger partial charge in [0.2, 0.25) is 11.9 Å². The Labute approximate surface area is 261 Å². The maximum absolute atomic E-state index is 15.8. The summed E-state index contributed by atoms with van der Waals surface area (Å²) >= 11 is 0. The van der Waals surface area contributed by atoms with Gasteiger partial charge in [0, 0.05) is 75.1 Å². The Hall–Kier alpha value is -4.06. The number of piperazine rings is 1. The number of nitrogens with zero attached hydrogens (tertiary/aromatic N) is 6. The number of amides is 1. The highest BCUT2D eigenvalue weighted by Gasteiger charge is 2.38. The minimum absolute atomic E-state index is 0.0298. The molecule has 2 saturated heterocycles. The second kappa shape index (κ2) is 11.7. The highest BCUT2D eigenvalue weighted by molar-refractivity contribution is 5.99. The molecule has 5 heterocycles. The van der Waals surface area contributed by atoms with Gasteiger partial charge in [0.1, 0.15) is 23.7 Å². The number of halogens is 1. The summed E-state index contributed by atoms with van der Waals surface area (Å²) in [6.07, 6.45) is 7.28. The van der Waals surface area contributed by atoms with E-state index < -0.39 is 0 Å². The molecular formula is C33H40FN7O4. The fourth-order valence-electron chi connectivity index (χ4n) is 7.85. The number of Topliss-reactive ketones (excluding diaryl/α,β-unsaturated/α-hetero) is 1. The van der Waals surface area contributed by atoms with Crippen LogP contribution in [0.1, 0.15) is 74.3 Å². The molecule has 0 radical (unpaired) electrons. The number of anilines is 3. The summed E-state index contributed by atoms with van der Waals surface area (Å²) in [6, 6.07) is 3.66. The van der Waals surface area contributed by atoms with Crippen LogP contribution in [0.25, 0.3) is 11.0 Å². The van der Waals surface area contributed by atoms with E-state index in [1.54, 1.807) is 30.7 Å². The number of aryl methyl sites for hydroxylation is 1. The maximum atomic E-state index is 15.8. The minimum Gasteiger partial charge on any atom is -0.489 e. The van der Waals surface area contributed by atoms with E-state index in [-0.39, 0.29) is 46.7 Å². The average Bonchev–Trinajstić information content (AvgIpc) is 3.55. The van der Waals surface area contributed by atoms with Crippen LogP contribution in [0, 0.1) is 12.7 Å². The lowest BCUT2D eigenvalue weighted by molar-refractivity contribution is -0.130. The number of rotatable bonds is 5. The SMILES string of the molecule is CC(=O)c1c(C)c2cnc(Nc3cc(F)c4c(c3)OC[C@H]3CN(C5CCN(C(C)=O)CC5)CCN43)nc2n(C2CCCC2)c1=O. The van der Waals surface area contributed by atoms with Crippen molar-refractivity contribution in [2.75, 3.05) is 49.5 Å². The van der Waals surface area contributed by atoms with E-state index in [9.17, 15) is 14.4 Å². The van der Waals surface area contributed by atoms with E-state index in [4.69, 9.17) is 9.72 Å². The normalized spacial score (nSPS) is 21.0. The molecule has 45 heavy (non-hydrogen) atoms. The molecule has 1 atom stereocenters. The molecule has 1 amide bonds. The summed E-state index contributed by atoms with van der Waals surface area (Å²) in [5.41, 5.74) is 1.86. The van der Waals surface area contributed by atoms with Gasteiger partial charge in [-0.3, -0.25) is 23.9 Å². The van der Waals surface area contributed by atoms with E-state index in [0.29, 0.717) is 52.9 Å². The molecule has 1 aromatic carbocycles. The molecule has 1 N–H and O–H groups in total. The van der Waals surface area contributed by atoms with E-state index in [1.807, 2.05) is 4.90 Å². The molecule has 0 bridgehead atoms. The van der Waals surface area contributed by atoms with Gasteiger partial charge in [0.25, 0.3) is 5.56 Å². The van der Waals surface area contributed by atoms with Crippen molar-refractivity contribution in [2.24, 2.45) is 0 Å². The third-order valence-corrected chi connectivity index (χ3v) is 10.2. The van der Waals surface area contributed by atoms with Crippen LogP contribution in [0.2, 0.25) is 0 Å². The van der Waals surface area contributed by atoms with Crippen molar-refractivity contribution in [1.29, 1.82) is 0 Å². The minimum atomic E-state index is -0.381. The van der Waals surface area contributed by atoms with Gasteiger partial charge in [-0.2, -0.15) is 4.98 Å². The number of ether oxygens (including phenoxy) is 1. The van der Waals surface area contributed by atoms with Crippen LogP contribution in [0.5, 0.6) is 5.75 Å². The molecule has 0 unspecified atom stereocenters. The second-order valence-corrected chi connectivity index (χ2v) is 12.9. The number of nitrogens with one attached hydrogen (secondary N) is 1. The van der Waals surface area contributed by atoms with Crippen LogP contribution < -0.4 is 20.5 Å². The number of aromatic nitrogens is 3. The van der Waals surface area contributed by atoms with Crippen LogP contribution in [-0.2, 0) is 4.79 Å². The van der Waals surface area contributed by atoms with Gasteiger partial charge in [0.05, 0.1) is 11.6 Å². The molecule has 4 aliphatic rings. The summed E-state index contributed by atoms with van der Waals surface area (Å²) in [6.45, 7) is 9.16. The van der Waals surface area contributed by atoms with Crippen molar-refractivity contribution >= 4 is 40.0 Å². The molecule has 2 aromatic heterocycles. The summed E-state index contributed by atoms with van der Waals surface area (Å²) < 4.78 is 23.6. The molecule has 1 aliphatic carbocycles. The maximum Gasteiger partial charge on any atom is 0.263 e. The fraction of sp³-hybridized carbons (Fsp3) is 0.545. The van der Waals surface area contributed by atoms with E-state index in [0.717, 1.165) is 64.7 Å². The zero-order valence-corrected chi connectivity index (χ0v) is 26.1. The largest absolute Gasteiger partial charge is 0.489 e. The molecular weight excluding hydrogens is 577 g/mol. The number of carbonyl (C=O) groups is 2. The number of benzene rings is 1. The lowest BCUT2D eigenvalue weighted by atomic mass is 9.99. The Balaban J connectivity index is 1.13. The highest BCUT2D eigenvalue weighted by atomic mass is 19.1. The Kier molecular flexibility index (Phi) is 7.71. The zero-order chi connectivity index (χ0) is 31.4. The number of ketones is 1. The lowest BCUT2D eigenvalue weighted by Crippen LogP contribution is -2.60. The van der Waals surface area contributed by atoms with E-state index in [2.05, 4.69) is 20.1 Å². The van der Waals surface area contributed by atoms with Gasteiger partial charge < -0.3 is 19.9 Å². The summed E-state index contributed by atoms with van der Waals surface area (Å²) in [5, 5.41) is 3.79. The second-order valence-electron chi connectivity index (χ2n) is 12.9. The van der Waals surface area contributed by atoms with Gasteiger partial charge >= 0.3 is 0 Å². The van der Waals surface area contributed by atoms with Crippen LogP contribution in [0.15, 0.2) is 23.1 Å². The summed E-state index contributed by atoms with van der Waals surface area (Å²) in [4.78, 5) is 53.5. The molecule has 238 valence electrons. The zero-order valence-electron chi connectivity index (χ0n) is 26.1. The van der Waals surface area contributed by atoms with Crippen molar-refractivity contribution in [3.8, 4) is 5.75 Å². The van der Waals surface area contributed by atoms with E-state index in [1.165, 1.54) is 13.0 Å². The van der Waals surface area contributed by atoms with Gasteiger partial charge in [-0.15, -0.1) is 0 Å². The molecule has 11 nitrogen and oxygen atoms in total. The van der Waals surface area contributed by atoms with Gasteiger partial charge in [-0.05, 0) is 51.2 Å². The van der Waals surface area contributed by atoms with Crippen LogP contribution >= 0.6 is 0 Å². The smallest absolute Gasteiger partial charge is 0.263 e. The van der Waals surface area contributed by atoms with Gasteiger partial charge in [-0.25, -0.2) is 9.37 Å². The first-order valence-electron chi connectivity index (χ1n) is 16.1. The predicted molar refractivity (Wildman–Crippen MR) is 169 cm³/mol. The summed E-state index contributed by atoms with van der Waals surface area (Å²) in [7, 11) is 0. The quantitative estimate of drug-likeness (QED) is 0.421. The third-order valence-electron chi connectivity index (χ3n) is 10.2. The first-order valence-corrected chi connectivity index (χ1v) is 16.1.